The zero-order chi connectivity index (χ0) is 20.7. The molecule has 0 aromatic heterocycles. The Kier molecular flexibility index (Phi) is 7.25. The Hall–Kier alpha value is -2.77. The molecule has 0 bridgehead atoms. The van der Waals surface area contributed by atoms with Gasteiger partial charge in [0.1, 0.15) is 18.2 Å². The van der Waals surface area contributed by atoms with Crippen LogP contribution in [0.2, 0.25) is 0 Å². The van der Waals surface area contributed by atoms with Crippen LogP contribution in [0.25, 0.3) is 0 Å². The molecular formula is C20H28N2O6. The van der Waals surface area contributed by atoms with Gasteiger partial charge in [0.05, 0.1) is 6.61 Å². The van der Waals surface area contributed by atoms with E-state index in [2.05, 4.69) is 5.32 Å². The van der Waals surface area contributed by atoms with Crippen molar-refractivity contribution in [1.82, 2.24) is 10.2 Å². The number of ether oxygens (including phenoxy) is 3. The first-order valence-electron chi connectivity index (χ1n) is 9.31. The lowest BCUT2D eigenvalue weighted by molar-refractivity contribution is -0.149. The normalized spacial score (nSPS) is 15.2. The summed E-state index contributed by atoms with van der Waals surface area (Å²) < 4.78 is 15.5. The molecule has 1 N–H and O–H groups in total. The number of nitrogens with zero attached hydrogens (tertiary/aromatic N) is 1. The van der Waals surface area contributed by atoms with Gasteiger partial charge >= 0.3 is 18.2 Å². The van der Waals surface area contributed by atoms with Crippen LogP contribution >= 0.6 is 0 Å². The Morgan fingerprint density at radius 2 is 1.79 bits per heavy atom. The smallest absolute Gasteiger partial charge is 0.410 e. The van der Waals surface area contributed by atoms with Crippen LogP contribution in [0.5, 0.6) is 0 Å². The minimum atomic E-state index is -0.882. The molecule has 0 spiro atoms. The second-order valence-electron chi connectivity index (χ2n) is 7.58. The van der Waals surface area contributed by atoms with Crippen molar-refractivity contribution in [3.63, 3.8) is 0 Å². The highest BCUT2D eigenvalue weighted by molar-refractivity contribution is 5.82. The average molecular weight is 392 g/mol. The molecule has 1 aromatic carbocycles. The molecule has 28 heavy (non-hydrogen) atoms. The minimum absolute atomic E-state index is 0.179. The Morgan fingerprint density at radius 1 is 1.14 bits per heavy atom. The van der Waals surface area contributed by atoms with E-state index in [1.165, 1.54) is 4.90 Å². The molecule has 0 radical (unpaired) electrons. The van der Waals surface area contributed by atoms with Crippen molar-refractivity contribution in [2.75, 3.05) is 19.7 Å². The summed E-state index contributed by atoms with van der Waals surface area (Å²) in [6.07, 6.45) is -1.16. The maximum atomic E-state index is 12.2. The summed E-state index contributed by atoms with van der Waals surface area (Å²) in [6.45, 7) is 7.84. The predicted molar refractivity (Wildman–Crippen MR) is 101 cm³/mol. The molecule has 2 amide bonds. The molecule has 1 saturated heterocycles. The van der Waals surface area contributed by atoms with Gasteiger partial charge in [0.25, 0.3) is 0 Å². The molecule has 1 unspecified atom stereocenters. The summed E-state index contributed by atoms with van der Waals surface area (Å²) in [5.41, 5.74) is 0.208. The number of rotatable bonds is 6. The molecule has 8 nitrogen and oxygen atoms in total. The van der Waals surface area contributed by atoms with Crippen LogP contribution in [0.15, 0.2) is 30.3 Å². The van der Waals surface area contributed by atoms with Crippen molar-refractivity contribution in [3.8, 4) is 0 Å². The van der Waals surface area contributed by atoms with Crippen LogP contribution in [0.4, 0.5) is 9.59 Å². The van der Waals surface area contributed by atoms with Crippen LogP contribution in [0.1, 0.15) is 33.3 Å². The number of carbonyl (C=O) groups is 3. The second kappa shape index (κ2) is 9.43. The lowest BCUT2D eigenvalue weighted by Gasteiger charge is -2.41. The SMILES string of the molecule is CCOC(=O)C(NC(=O)OC(C)(C)C)C1CN(C(=O)OCc2ccccc2)C1. The third-order valence-electron chi connectivity index (χ3n) is 4.06. The van der Waals surface area contributed by atoms with Crippen LogP contribution in [-0.4, -0.2) is 54.4 Å². The Morgan fingerprint density at radius 3 is 2.36 bits per heavy atom. The number of amides is 2. The highest BCUT2D eigenvalue weighted by Gasteiger charge is 2.42. The van der Waals surface area contributed by atoms with E-state index in [1.807, 2.05) is 30.3 Å². The number of benzene rings is 1. The van der Waals surface area contributed by atoms with E-state index in [9.17, 15) is 14.4 Å². The summed E-state index contributed by atoms with van der Waals surface area (Å²) in [6, 6.07) is 8.48. The van der Waals surface area contributed by atoms with Crippen LogP contribution in [0.3, 0.4) is 0 Å². The quantitative estimate of drug-likeness (QED) is 0.591. The first-order chi connectivity index (χ1) is 13.2. The van der Waals surface area contributed by atoms with Crippen molar-refractivity contribution in [3.05, 3.63) is 35.9 Å². The lowest BCUT2D eigenvalue weighted by Crippen LogP contribution is -2.61. The Balaban J connectivity index is 1.87. The summed E-state index contributed by atoms with van der Waals surface area (Å²) in [5, 5.41) is 2.56. The van der Waals surface area contributed by atoms with Gasteiger partial charge in [0, 0.05) is 19.0 Å². The maximum absolute atomic E-state index is 12.2. The molecule has 1 aliphatic rings. The average Bonchev–Trinajstić information content (AvgIpc) is 2.57. The molecular weight excluding hydrogens is 364 g/mol. The summed E-state index contributed by atoms with van der Waals surface area (Å²) in [4.78, 5) is 37.9. The summed E-state index contributed by atoms with van der Waals surface area (Å²) in [7, 11) is 0. The van der Waals surface area contributed by atoms with Crippen molar-refractivity contribution in [2.45, 2.75) is 45.9 Å². The van der Waals surface area contributed by atoms with Gasteiger partial charge in [-0.25, -0.2) is 14.4 Å². The Bertz CT molecular complexity index is 680. The summed E-state index contributed by atoms with van der Waals surface area (Å²) >= 11 is 0. The van der Waals surface area contributed by atoms with E-state index in [4.69, 9.17) is 14.2 Å². The standard InChI is InChI=1S/C20H28N2O6/c1-5-26-17(23)16(21-18(24)28-20(2,3)4)15-11-22(12-15)19(25)27-13-14-9-7-6-8-10-14/h6-10,15-16H,5,11-13H2,1-4H3,(H,21,24). The van der Waals surface area contributed by atoms with E-state index in [-0.39, 0.29) is 32.2 Å². The van der Waals surface area contributed by atoms with E-state index >= 15 is 0 Å². The molecule has 154 valence electrons. The van der Waals surface area contributed by atoms with E-state index in [1.54, 1.807) is 27.7 Å². The van der Waals surface area contributed by atoms with Gasteiger partial charge in [-0.2, -0.15) is 0 Å². The maximum Gasteiger partial charge on any atom is 0.410 e. The van der Waals surface area contributed by atoms with Crippen molar-refractivity contribution >= 4 is 18.2 Å². The molecule has 8 heteroatoms. The van der Waals surface area contributed by atoms with Crippen molar-refractivity contribution in [1.29, 1.82) is 0 Å². The van der Waals surface area contributed by atoms with E-state index < -0.39 is 29.8 Å². The van der Waals surface area contributed by atoms with Gasteiger partial charge in [-0.05, 0) is 33.3 Å². The molecule has 0 aliphatic carbocycles. The fourth-order valence-electron chi connectivity index (χ4n) is 2.72. The number of alkyl carbamates (subject to hydrolysis) is 1. The second-order valence-corrected chi connectivity index (χ2v) is 7.58. The third kappa shape index (κ3) is 6.44. The molecule has 0 saturated carbocycles. The van der Waals surface area contributed by atoms with Gasteiger partial charge < -0.3 is 24.4 Å². The highest BCUT2D eigenvalue weighted by Crippen LogP contribution is 2.22. The molecule has 2 rings (SSSR count). The highest BCUT2D eigenvalue weighted by atomic mass is 16.6. The number of nitrogens with one attached hydrogen (secondary N) is 1. The van der Waals surface area contributed by atoms with Crippen LogP contribution < -0.4 is 5.32 Å². The third-order valence-corrected chi connectivity index (χ3v) is 4.06. The van der Waals surface area contributed by atoms with Crippen molar-refractivity contribution in [2.24, 2.45) is 5.92 Å². The van der Waals surface area contributed by atoms with Gasteiger partial charge in [0.2, 0.25) is 0 Å². The number of carbonyl (C=O) groups excluding carboxylic acids is 3. The van der Waals surface area contributed by atoms with E-state index in [0.29, 0.717) is 0 Å². The fourth-order valence-corrected chi connectivity index (χ4v) is 2.72. The molecule has 1 atom stereocenters. The number of hydrogen-bond acceptors (Lipinski definition) is 6. The van der Waals surface area contributed by atoms with Crippen LogP contribution in [0, 0.1) is 5.92 Å². The largest absolute Gasteiger partial charge is 0.464 e. The first-order valence-corrected chi connectivity index (χ1v) is 9.31. The summed E-state index contributed by atoms with van der Waals surface area (Å²) in [5.74, 6) is -0.813. The molecule has 1 fully saturated rings. The minimum Gasteiger partial charge on any atom is -0.464 e. The molecule has 1 aliphatic heterocycles. The zero-order valence-electron chi connectivity index (χ0n) is 16.8. The van der Waals surface area contributed by atoms with Gasteiger partial charge in [0.15, 0.2) is 0 Å². The topological polar surface area (TPSA) is 94.2 Å². The van der Waals surface area contributed by atoms with Gasteiger partial charge in [-0.3, -0.25) is 0 Å². The first kappa shape index (κ1) is 21.5. The Labute approximate surface area is 165 Å². The van der Waals surface area contributed by atoms with Crippen molar-refractivity contribution < 1.29 is 28.6 Å². The van der Waals surface area contributed by atoms with Gasteiger partial charge in [-0.1, -0.05) is 30.3 Å². The van der Waals surface area contributed by atoms with E-state index in [0.717, 1.165) is 5.56 Å². The number of likely N-dealkylation sites (tertiary alicyclic amines) is 1. The fraction of sp³-hybridized carbons (Fsp3) is 0.550. The number of hydrogen-bond donors (Lipinski definition) is 1. The zero-order valence-corrected chi connectivity index (χ0v) is 16.8. The number of esters is 1. The predicted octanol–water partition coefficient (Wildman–Crippen LogP) is 2.71. The van der Waals surface area contributed by atoms with Crippen LogP contribution in [-0.2, 0) is 25.6 Å². The molecule has 1 aromatic rings. The lowest BCUT2D eigenvalue weighted by atomic mass is 9.92. The monoisotopic (exact) mass is 392 g/mol. The molecule has 1 heterocycles. The van der Waals surface area contributed by atoms with Gasteiger partial charge in [-0.15, -0.1) is 0 Å².